The van der Waals surface area contributed by atoms with Crippen LogP contribution in [0.3, 0.4) is 0 Å². The molecule has 0 radical (unpaired) electrons. The Bertz CT molecular complexity index is 681. The summed E-state index contributed by atoms with van der Waals surface area (Å²) in [7, 11) is 0. The van der Waals surface area contributed by atoms with Gasteiger partial charge in [-0.05, 0) is 12.1 Å². The van der Waals surface area contributed by atoms with Crippen LogP contribution in [0.25, 0.3) is 17.5 Å². The van der Waals surface area contributed by atoms with E-state index >= 15 is 0 Å². The van der Waals surface area contributed by atoms with Gasteiger partial charge in [0.05, 0.1) is 10.6 Å². The van der Waals surface area contributed by atoms with E-state index in [0.29, 0.717) is 16.3 Å². The molecule has 0 amide bonds. The van der Waals surface area contributed by atoms with Gasteiger partial charge < -0.3 is 9.73 Å². The molecular weight excluding hydrogens is 295 g/mol. The van der Waals surface area contributed by atoms with Crippen molar-refractivity contribution < 1.29 is 17.6 Å². The Kier molecular flexibility index (Phi) is 2.93. The predicted octanol–water partition coefficient (Wildman–Crippen LogP) is 3.76. The molecule has 2 aromatic heterocycles. The Balaban J connectivity index is 1.97. The molecule has 1 N–H and O–H groups in total. The Labute approximate surface area is 116 Å². The van der Waals surface area contributed by atoms with E-state index in [9.17, 15) is 13.2 Å². The lowest BCUT2D eigenvalue weighted by atomic mass is 10.2. The third-order valence-corrected chi connectivity index (χ3v) is 3.04. The maximum atomic E-state index is 12.6. The van der Waals surface area contributed by atoms with Crippen LogP contribution < -0.4 is 5.32 Å². The Hall–Kier alpha value is -2.02. The van der Waals surface area contributed by atoms with Gasteiger partial charge in [-0.2, -0.15) is 13.2 Å². The number of nitrogens with one attached hydrogen (secondary N) is 1. The molecule has 1 aliphatic rings. The average Bonchev–Trinajstić information content (AvgIpc) is 2.80. The van der Waals surface area contributed by atoms with Crippen LogP contribution in [0.15, 0.2) is 29.0 Å². The van der Waals surface area contributed by atoms with Crippen LogP contribution in [0, 0.1) is 0 Å². The summed E-state index contributed by atoms with van der Waals surface area (Å²) in [5.74, 6) is 0.111. The van der Waals surface area contributed by atoms with Crippen LogP contribution in [0.4, 0.5) is 19.1 Å². The van der Waals surface area contributed by atoms with Crippen molar-refractivity contribution in [2.75, 3.05) is 5.32 Å². The second kappa shape index (κ2) is 4.52. The first-order chi connectivity index (χ1) is 9.45. The number of pyridine rings is 1. The molecule has 3 rings (SSSR count). The van der Waals surface area contributed by atoms with Crippen molar-refractivity contribution in [2.24, 2.45) is 0 Å². The number of hydrogen-bond donors (Lipinski definition) is 1. The van der Waals surface area contributed by atoms with Crippen molar-refractivity contribution in [1.82, 2.24) is 9.97 Å². The monoisotopic (exact) mass is 301 g/mol. The zero-order valence-electron chi connectivity index (χ0n) is 9.78. The van der Waals surface area contributed by atoms with Crippen LogP contribution >= 0.6 is 11.6 Å². The van der Waals surface area contributed by atoms with E-state index in [1.54, 1.807) is 6.07 Å². The molecule has 0 bridgehead atoms. The largest absolute Gasteiger partial charge is 0.420 e. The zero-order chi connectivity index (χ0) is 14.3. The van der Waals surface area contributed by atoms with Gasteiger partial charge in [0, 0.05) is 12.4 Å². The summed E-state index contributed by atoms with van der Waals surface area (Å²) in [5, 5.41) is 2.55. The highest BCUT2D eigenvalue weighted by Crippen LogP contribution is 2.35. The average molecular weight is 302 g/mol. The molecule has 0 spiro atoms. The van der Waals surface area contributed by atoms with E-state index in [1.165, 1.54) is 18.5 Å². The minimum Gasteiger partial charge on any atom is -0.420 e. The van der Waals surface area contributed by atoms with Gasteiger partial charge in [0.25, 0.3) is 0 Å². The van der Waals surface area contributed by atoms with Crippen LogP contribution in [0.5, 0.6) is 0 Å². The number of rotatable bonds is 1. The van der Waals surface area contributed by atoms with Crippen molar-refractivity contribution in [3.63, 3.8) is 0 Å². The maximum absolute atomic E-state index is 12.6. The lowest BCUT2D eigenvalue weighted by Crippen LogP contribution is -2.35. The van der Waals surface area contributed by atoms with E-state index in [2.05, 4.69) is 15.3 Å². The van der Waals surface area contributed by atoms with Crippen molar-refractivity contribution in [3.05, 3.63) is 35.3 Å². The molecule has 3 heterocycles. The van der Waals surface area contributed by atoms with Crippen LogP contribution in [-0.2, 0) is 0 Å². The second-order valence-corrected chi connectivity index (χ2v) is 4.52. The molecule has 0 saturated heterocycles. The lowest BCUT2D eigenvalue weighted by Gasteiger charge is -2.20. The summed E-state index contributed by atoms with van der Waals surface area (Å²) in [6, 6.07) is -0.214. The molecular formula is C12H7ClF3N3O. The van der Waals surface area contributed by atoms with Crippen LogP contribution in [0.2, 0.25) is 5.02 Å². The van der Waals surface area contributed by atoms with E-state index in [4.69, 9.17) is 16.0 Å². The molecule has 4 nitrogen and oxygen atoms in total. The fraction of sp³-hybridized carbons (Fsp3) is 0.167. The van der Waals surface area contributed by atoms with Gasteiger partial charge in [-0.25, -0.2) is 4.98 Å². The van der Waals surface area contributed by atoms with Crippen molar-refractivity contribution in [2.45, 2.75) is 12.2 Å². The molecule has 0 saturated carbocycles. The quantitative estimate of drug-likeness (QED) is 0.871. The van der Waals surface area contributed by atoms with Gasteiger partial charge >= 0.3 is 6.18 Å². The molecule has 1 atom stereocenters. The molecule has 1 aliphatic heterocycles. The number of aromatic nitrogens is 2. The Morgan fingerprint density at radius 1 is 1.35 bits per heavy atom. The maximum Gasteiger partial charge on any atom is 0.412 e. The minimum absolute atomic E-state index is 0.0299. The molecule has 2 aromatic rings. The number of oxazole rings is 1. The minimum atomic E-state index is -4.39. The van der Waals surface area contributed by atoms with E-state index in [0.717, 1.165) is 6.08 Å². The van der Waals surface area contributed by atoms with Crippen LogP contribution in [-0.4, -0.2) is 22.2 Å². The standard InChI is InChI=1S/C12H7ClF3N3O/c13-7-5-17-4-3-6(7)10-18-8-1-2-9(12(14,15)16)19-11(8)20-10/h1-5,9,19H. The topological polar surface area (TPSA) is 51.0 Å². The molecule has 0 aliphatic carbocycles. The fourth-order valence-electron chi connectivity index (χ4n) is 1.78. The van der Waals surface area contributed by atoms with Gasteiger partial charge in [-0.15, -0.1) is 0 Å². The summed E-state index contributed by atoms with van der Waals surface area (Å²) in [4.78, 5) is 7.92. The highest BCUT2D eigenvalue weighted by Gasteiger charge is 2.40. The van der Waals surface area contributed by atoms with Gasteiger partial charge in [0.15, 0.2) is 0 Å². The molecule has 0 aromatic carbocycles. The highest BCUT2D eigenvalue weighted by molar-refractivity contribution is 6.33. The number of alkyl halides is 3. The van der Waals surface area contributed by atoms with Gasteiger partial charge in [-0.3, -0.25) is 4.98 Å². The molecule has 104 valence electrons. The van der Waals surface area contributed by atoms with Crippen molar-refractivity contribution in [3.8, 4) is 11.5 Å². The number of nitrogens with zero attached hydrogens (tertiary/aromatic N) is 2. The molecule has 8 heteroatoms. The summed E-state index contributed by atoms with van der Waals surface area (Å²) in [5.41, 5.74) is 0.767. The first-order valence-electron chi connectivity index (χ1n) is 5.57. The first-order valence-corrected chi connectivity index (χ1v) is 5.95. The third kappa shape index (κ3) is 2.24. The summed E-state index contributed by atoms with van der Waals surface area (Å²) < 4.78 is 43.2. The van der Waals surface area contributed by atoms with Gasteiger partial charge in [0.2, 0.25) is 11.8 Å². The number of fused-ring (bicyclic) bond motifs is 1. The van der Waals surface area contributed by atoms with Crippen molar-refractivity contribution in [1.29, 1.82) is 0 Å². The third-order valence-electron chi connectivity index (χ3n) is 2.74. The zero-order valence-corrected chi connectivity index (χ0v) is 10.5. The fourth-order valence-corrected chi connectivity index (χ4v) is 1.98. The van der Waals surface area contributed by atoms with E-state index in [1.807, 2.05) is 0 Å². The SMILES string of the molecule is FC(F)(F)C1C=Cc2nc(-c3ccncc3Cl)oc2N1. The van der Waals surface area contributed by atoms with Gasteiger partial charge in [0.1, 0.15) is 11.7 Å². The predicted molar refractivity (Wildman–Crippen MR) is 67.2 cm³/mol. The lowest BCUT2D eigenvalue weighted by molar-refractivity contribution is -0.132. The highest BCUT2D eigenvalue weighted by atomic mass is 35.5. The molecule has 1 unspecified atom stereocenters. The summed E-state index contributed by atoms with van der Waals surface area (Å²) in [6.45, 7) is 0. The molecule has 20 heavy (non-hydrogen) atoms. The summed E-state index contributed by atoms with van der Waals surface area (Å²) in [6.07, 6.45) is 0.762. The van der Waals surface area contributed by atoms with E-state index in [-0.39, 0.29) is 11.8 Å². The van der Waals surface area contributed by atoms with Gasteiger partial charge in [-0.1, -0.05) is 17.7 Å². The molecule has 0 fully saturated rings. The summed E-state index contributed by atoms with van der Waals surface area (Å²) >= 11 is 5.94. The second-order valence-electron chi connectivity index (χ2n) is 4.11. The normalized spacial score (nSPS) is 17.7. The first kappa shape index (κ1) is 13.0. The Morgan fingerprint density at radius 3 is 2.85 bits per heavy atom. The van der Waals surface area contributed by atoms with E-state index < -0.39 is 12.2 Å². The smallest absolute Gasteiger partial charge is 0.412 e. The number of anilines is 1. The number of halogens is 4. The van der Waals surface area contributed by atoms with Crippen molar-refractivity contribution >= 4 is 23.6 Å². The Morgan fingerprint density at radius 2 is 2.15 bits per heavy atom. The number of hydrogen-bond acceptors (Lipinski definition) is 4. The van der Waals surface area contributed by atoms with Crippen LogP contribution in [0.1, 0.15) is 5.69 Å².